The highest BCUT2D eigenvalue weighted by molar-refractivity contribution is 6.35. The lowest BCUT2D eigenvalue weighted by Crippen LogP contribution is -3.12. The number of likely N-dealkylation sites (N-methyl/N-ethyl adjacent to an activating group) is 1. The van der Waals surface area contributed by atoms with Crippen LogP contribution in [0.3, 0.4) is 0 Å². The molecule has 0 heterocycles. The summed E-state index contributed by atoms with van der Waals surface area (Å²) in [5, 5.41) is 14.8. The van der Waals surface area contributed by atoms with Crippen molar-refractivity contribution in [1.82, 2.24) is 0 Å². The molecule has 0 aromatic heterocycles. The fourth-order valence-corrected chi connectivity index (χ4v) is 2.80. The smallest absolute Gasteiger partial charge is 0.292 e. The molecule has 25 heavy (non-hydrogen) atoms. The lowest BCUT2D eigenvalue weighted by molar-refractivity contribution is -0.907. The molecule has 2 N–H and O–H groups in total. The lowest BCUT2D eigenvalue weighted by atomic mass is 10.1. The Morgan fingerprint density at radius 2 is 1.96 bits per heavy atom. The standard InChI is InChI=1S/C17H17Cl2N3O3/c1-11(21(2)10-12-7-8-13(18)9-14(12)19)17(23)20-15-5-3-4-6-16(15)22(24)25/h3-9,11H,10H2,1-2H3,(H,20,23)/p+1/t11-/m1/s1. The van der Waals surface area contributed by atoms with Crippen LogP contribution in [0.5, 0.6) is 0 Å². The molecule has 0 bridgehead atoms. The summed E-state index contributed by atoms with van der Waals surface area (Å²) in [6, 6.07) is 10.8. The minimum absolute atomic E-state index is 0.138. The van der Waals surface area contributed by atoms with E-state index in [0.29, 0.717) is 16.6 Å². The Labute approximate surface area is 155 Å². The predicted molar refractivity (Wildman–Crippen MR) is 98.2 cm³/mol. The van der Waals surface area contributed by atoms with Gasteiger partial charge in [-0.2, -0.15) is 0 Å². The normalized spacial score (nSPS) is 13.1. The molecule has 1 unspecified atom stereocenters. The second-order valence-electron chi connectivity index (χ2n) is 5.74. The summed E-state index contributed by atoms with van der Waals surface area (Å²) in [5.41, 5.74) is 0.914. The zero-order chi connectivity index (χ0) is 18.6. The van der Waals surface area contributed by atoms with E-state index in [1.807, 2.05) is 13.1 Å². The van der Waals surface area contributed by atoms with Gasteiger partial charge in [0.1, 0.15) is 12.2 Å². The number of amides is 1. The molecular weight excluding hydrogens is 365 g/mol. The van der Waals surface area contributed by atoms with Crippen LogP contribution in [0.2, 0.25) is 10.0 Å². The van der Waals surface area contributed by atoms with Gasteiger partial charge in [-0.15, -0.1) is 0 Å². The van der Waals surface area contributed by atoms with E-state index in [0.717, 1.165) is 10.5 Å². The van der Waals surface area contributed by atoms with Gasteiger partial charge in [0.2, 0.25) is 0 Å². The first-order valence-electron chi connectivity index (χ1n) is 7.60. The lowest BCUT2D eigenvalue weighted by Gasteiger charge is -2.21. The van der Waals surface area contributed by atoms with Crippen LogP contribution in [0.4, 0.5) is 11.4 Å². The van der Waals surface area contributed by atoms with Gasteiger partial charge in [0.25, 0.3) is 11.6 Å². The third-order valence-electron chi connectivity index (χ3n) is 3.98. The van der Waals surface area contributed by atoms with Gasteiger partial charge in [0, 0.05) is 16.7 Å². The molecule has 1 amide bonds. The molecule has 2 aromatic rings. The van der Waals surface area contributed by atoms with Gasteiger partial charge in [-0.05, 0) is 25.1 Å². The van der Waals surface area contributed by atoms with E-state index in [9.17, 15) is 14.9 Å². The first kappa shape index (κ1) is 19.2. The van der Waals surface area contributed by atoms with Crippen molar-refractivity contribution in [2.75, 3.05) is 12.4 Å². The van der Waals surface area contributed by atoms with Crippen molar-refractivity contribution in [3.05, 3.63) is 68.2 Å². The highest BCUT2D eigenvalue weighted by atomic mass is 35.5. The predicted octanol–water partition coefficient (Wildman–Crippen LogP) is 2.94. The highest BCUT2D eigenvalue weighted by Crippen LogP contribution is 2.23. The van der Waals surface area contributed by atoms with Gasteiger partial charge in [0.15, 0.2) is 6.04 Å². The number of nitro benzene ring substituents is 1. The van der Waals surface area contributed by atoms with Crippen LogP contribution in [0.25, 0.3) is 0 Å². The van der Waals surface area contributed by atoms with E-state index in [-0.39, 0.29) is 17.3 Å². The largest absolute Gasteiger partial charge is 0.324 e. The molecule has 0 radical (unpaired) electrons. The molecule has 6 nitrogen and oxygen atoms in total. The maximum atomic E-state index is 12.4. The summed E-state index contributed by atoms with van der Waals surface area (Å²) in [6.45, 7) is 2.27. The number of hydrogen-bond acceptors (Lipinski definition) is 3. The number of carbonyl (C=O) groups excluding carboxylic acids is 1. The first-order valence-corrected chi connectivity index (χ1v) is 8.35. The van der Waals surface area contributed by atoms with Crippen LogP contribution in [0, 0.1) is 10.1 Å². The molecule has 2 aromatic carbocycles. The van der Waals surface area contributed by atoms with Crippen LogP contribution in [-0.2, 0) is 11.3 Å². The molecule has 2 rings (SSSR count). The van der Waals surface area contributed by atoms with E-state index >= 15 is 0 Å². The van der Waals surface area contributed by atoms with Crippen molar-refractivity contribution in [3.63, 3.8) is 0 Å². The minimum Gasteiger partial charge on any atom is -0.324 e. The molecule has 0 spiro atoms. The Kier molecular flexibility index (Phi) is 6.36. The SMILES string of the molecule is C[C@H](C(=O)Nc1ccccc1[N+](=O)[O-])[NH+](C)Cc1ccc(Cl)cc1Cl. The van der Waals surface area contributed by atoms with E-state index in [2.05, 4.69) is 5.32 Å². The van der Waals surface area contributed by atoms with Gasteiger partial charge >= 0.3 is 0 Å². The second-order valence-corrected chi connectivity index (χ2v) is 6.59. The van der Waals surface area contributed by atoms with E-state index in [1.165, 1.54) is 12.1 Å². The first-order chi connectivity index (χ1) is 11.8. The van der Waals surface area contributed by atoms with Crippen molar-refractivity contribution < 1.29 is 14.6 Å². The third kappa shape index (κ3) is 4.92. The van der Waals surface area contributed by atoms with Crippen molar-refractivity contribution >= 4 is 40.5 Å². The van der Waals surface area contributed by atoms with Crippen molar-refractivity contribution in [1.29, 1.82) is 0 Å². The van der Waals surface area contributed by atoms with Crippen LogP contribution in [0.15, 0.2) is 42.5 Å². The Hall–Kier alpha value is -2.15. The van der Waals surface area contributed by atoms with Crippen molar-refractivity contribution in [2.24, 2.45) is 0 Å². The molecule has 0 saturated carbocycles. The van der Waals surface area contributed by atoms with Gasteiger partial charge in [-0.25, -0.2) is 0 Å². The van der Waals surface area contributed by atoms with E-state index in [4.69, 9.17) is 23.2 Å². The number of hydrogen-bond donors (Lipinski definition) is 2. The number of para-hydroxylation sites is 2. The quantitative estimate of drug-likeness (QED) is 0.595. The summed E-state index contributed by atoms with van der Waals surface area (Å²) in [5.74, 6) is -0.308. The van der Waals surface area contributed by atoms with Gasteiger partial charge < -0.3 is 10.2 Å². The number of anilines is 1. The molecule has 0 aliphatic rings. The van der Waals surface area contributed by atoms with Crippen molar-refractivity contribution in [3.8, 4) is 0 Å². The number of rotatable bonds is 6. The molecule has 0 aliphatic heterocycles. The fraction of sp³-hybridized carbons (Fsp3) is 0.235. The van der Waals surface area contributed by atoms with Crippen LogP contribution < -0.4 is 10.2 Å². The molecular formula is C17H18Cl2N3O3+. The molecule has 0 aliphatic carbocycles. The zero-order valence-corrected chi connectivity index (χ0v) is 15.3. The van der Waals surface area contributed by atoms with Gasteiger partial charge in [-0.3, -0.25) is 14.9 Å². The third-order valence-corrected chi connectivity index (χ3v) is 4.56. The Balaban J connectivity index is 2.08. The number of benzene rings is 2. The summed E-state index contributed by atoms with van der Waals surface area (Å²) < 4.78 is 0. The minimum atomic E-state index is -0.523. The number of nitro groups is 1. The maximum absolute atomic E-state index is 12.4. The average Bonchev–Trinajstić information content (AvgIpc) is 2.56. The van der Waals surface area contributed by atoms with Gasteiger partial charge in [0.05, 0.1) is 17.0 Å². The molecule has 0 saturated heterocycles. The van der Waals surface area contributed by atoms with Crippen molar-refractivity contribution in [2.45, 2.75) is 19.5 Å². The number of halogens is 2. The monoisotopic (exact) mass is 382 g/mol. The second kappa shape index (κ2) is 8.29. The van der Waals surface area contributed by atoms with Crippen LogP contribution in [-0.4, -0.2) is 23.9 Å². The van der Waals surface area contributed by atoms with Crippen LogP contribution >= 0.6 is 23.2 Å². The topological polar surface area (TPSA) is 76.7 Å². The zero-order valence-electron chi connectivity index (χ0n) is 13.8. The number of carbonyl (C=O) groups is 1. The number of quaternary nitrogens is 1. The Morgan fingerprint density at radius 1 is 1.28 bits per heavy atom. The van der Waals surface area contributed by atoms with E-state index < -0.39 is 11.0 Å². The fourth-order valence-electron chi connectivity index (χ4n) is 2.32. The molecule has 0 fully saturated rings. The summed E-state index contributed by atoms with van der Waals surface area (Å²) in [4.78, 5) is 23.9. The van der Waals surface area contributed by atoms with E-state index in [1.54, 1.807) is 31.2 Å². The van der Waals surface area contributed by atoms with Gasteiger partial charge in [-0.1, -0.05) is 41.4 Å². The maximum Gasteiger partial charge on any atom is 0.292 e. The molecule has 8 heteroatoms. The molecule has 2 atom stereocenters. The summed E-state index contributed by atoms with van der Waals surface area (Å²) in [7, 11) is 1.86. The Bertz CT molecular complexity index is 798. The number of nitrogens with zero attached hydrogens (tertiary/aromatic N) is 1. The highest BCUT2D eigenvalue weighted by Gasteiger charge is 2.25. The van der Waals surface area contributed by atoms with Crippen LogP contribution in [0.1, 0.15) is 12.5 Å². The Morgan fingerprint density at radius 3 is 2.60 bits per heavy atom. The summed E-state index contributed by atoms with van der Waals surface area (Å²) >= 11 is 12.1. The number of nitrogens with one attached hydrogen (secondary N) is 2. The summed E-state index contributed by atoms with van der Waals surface area (Å²) in [6.07, 6.45) is 0. The molecule has 132 valence electrons. The average molecular weight is 383 g/mol.